The first-order chi connectivity index (χ1) is 17.0. The molecule has 1 unspecified atom stereocenters. The van der Waals surface area contributed by atoms with Crippen molar-refractivity contribution in [3.8, 4) is 11.9 Å². The SMILES string of the molecule is COCCNC(=O)c1ccc(COc2nc3nc(O[C@@H]4CO[C@H]5C4OC[C@H]5O)[nH]c3cc2Cl)cc1. The Morgan fingerprint density at radius 1 is 1.23 bits per heavy atom. The molecule has 12 heteroatoms. The van der Waals surface area contributed by atoms with Crippen LogP contribution in [0.5, 0.6) is 11.9 Å². The number of hydrogen-bond donors (Lipinski definition) is 3. The number of hydrogen-bond acceptors (Lipinski definition) is 9. The van der Waals surface area contributed by atoms with Gasteiger partial charge in [0.1, 0.15) is 29.9 Å². The van der Waals surface area contributed by atoms with Crippen LogP contribution in [0.15, 0.2) is 30.3 Å². The minimum atomic E-state index is -0.654. The van der Waals surface area contributed by atoms with Crippen LogP contribution in [0.1, 0.15) is 15.9 Å². The van der Waals surface area contributed by atoms with E-state index >= 15 is 0 Å². The third kappa shape index (κ3) is 5.19. The average Bonchev–Trinajstić information content (AvgIpc) is 3.54. The number of nitrogens with zero attached hydrogens (tertiary/aromatic N) is 2. The number of aromatic nitrogens is 3. The molecule has 2 fully saturated rings. The number of H-pyrrole nitrogens is 1. The molecule has 186 valence electrons. The summed E-state index contributed by atoms with van der Waals surface area (Å²) >= 11 is 6.36. The molecule has 0 aliphatic carbocycles. The number of ether oxygens (including phenoxy) is 5. The Morgan fingerprint density at radius 3 is 2.83 bits per heavy atom. The van der Waals surface area contributed by atoms with Gasteiger partial charge in [-0.2, -0.15) is 9.97 Å². The van der Waals surface area contributed by atoms with Gasteiger partial charge in [-0.1, -0.05) is 23.7 Å². The summed E-state index contributed by atoms with van der Waals surface area (Å²) < 4.78 is 27.8. The molecule has 2 aliphatic heterocycles. The molecule has 1 aromatic carbocycles. The number of benzene rings is 1. The number of rotatable bonds is 9. The zero-order chi connectivity index (χ0) is 24.4. The van der Waals surface area contributed by atoms with Gasteiger partial charge in [-0.05, 0) is 23.8 Å². The van der Waals surface area contributed by atoms with E-state index in [0.29, 0.717) is 41.5 Å². The Balaban J connectivity index is 1.21. The smallest absolute Gasteiger partial charge is 0.296 e. The predicted molar refractivity (Wildman–Crippen MR) is 124 cm³/mol. The van der Waals surface area contributed by atoms with E-state index in [1.165, 1.54) is 0 Å². The fourth-order valence-electron chi connectivity index (χ4n) is 4.00. The summed E-state index contributed by atoms with van der Waals surface area (Å²) in [6.07, 6.45) is -1.79. The molecule has 11 nitrogen and oxygen atoms in total. The van der Waals surface area contributed by atoms with E-state index in [4.69, 9.17) is 35.3 Å². The van der Waals surface area contributed by atoms with Crippen LogP contribution in [0, 0.1) is 0 Å². The van der Waals surface area contributed by atoms with Crippen LogP contribution in [-0.4, -0.2) is 83.9 Å². The lowest BCUT2D eigenvalue weighted by Crippen LogP contribution is -2.34. The van der Waals surface area contributed by atoms with Crippen molar-refractivity contribution >= 4 is 28.7 Å². The third-order valence-electron chi connectivity index (χ3n) is 5.80. The fourth-order valence-corrected chi connectivity index (χ4v) is 4.20. The Bertz CT molecular complexity index is 1190. The predicted octanol–water partition coefficient (Wildman–Crippen LogP) is 1.47. The van der Waals surface area contributed by atoms with E-state index in [2.05, 4.69) is 20.3 Å². The quantitative estimate of drug-likeness (QED) is 0.370. The van der Waals surface area contributed by atoms with E-state index in [0.717, 1.165) is 5.56 Å². The first kappa shape index (κ1) is 23.8. The van der Waals surface area contributed by atoms with Crippen molar-refractivity contribution in [2.45, 2.75) is 31.0 Å². The molecule has 1 amide bonds. The van der Waals surface area contributed by atoms with Crippen molar-refractivity contribution < 1.29 is 33.6 Å². The average molecular weight is 505 g/mol. The number of imidazole rings is 1. The van der Waals surface area contributed by atoms with Crippen molar-refractivity contribution in [3.05, 3.63) is 46.5 Å². The van der Waals surface area contributed by atoms with Crippen molar-refractivity contribution in [3.63, 3.8) is 0 Å². The van der Waals surface area contributed by atoms with Crippen molar-refractivity contribution in [2.75, 3.05) is 33.5 Å². The molecular weight excluding hydrogens is 480 g/mol. The van der Waals surface area contributed by atoms with Gasteiger partial charge < -0.3 is 39.1 Å². The Morgan fingerprint density at radius 2 is 2.03 bits per heavy atom. The van der Waals surface area contributed by atoms with Gasteiger partial charge in [0.25, 0.3) is 11.9 Å². The summed E-state index contributed by atoms with van der Waals surface area (Å²) in [5.74, 6) is 0.0571. The maximum Gasteiger partial charge on any atom is 0.296 e. The lowest BCUT2D eigenvalue weighted by molar-refractivity contribution is 0.00706. The summed E-state index contributed by atoms with van der Waals surface area (Å²) in [5.41, 5.74) is 2.36. The minimum Gasteiger partial charge on any atom is -0.472 e. The number of amides is 1. The van der Waals surface area contributed by atoms with E-state index in [9.17, 15) is 9.90 Å². The highest BCUT2D eigenvalue weighted by Gasteiger charge is 2.48. The second-order valence-electron chi connectivity index (χ2n) is 8.24. The minimum absolute atomic E-state index is 0.170. The fraction of sp³-hybridized carbons (Fsp3) is 0.435. The number of carbonyl (C=O) groups excluding carboxylic acids is 1. The molecule has 5 rings (SSSR count). The normalized spacial score (nSPS) is 23.4. The molecule has 35 heavy (non-hydrogen) atoms. The lowest BCUT2D eigenvalue weighted by atomic mass is 10.1. The van der Waals surface area contributed by atoms with E-state index in [-0.39, 0.29) is 37.1 Å². The number of pyridine rings is 1. The van der Waals surface area contributed by atoms with Gasteiger partial charge in [0, 0.05) is 19.2 Å². The Kier molecular flexibility index (Phi) is 7.02. The van der Waals surface area contributed by atoms with Crippen LogP contribution in [0.3, 0.4) is 0 Å². The number of aliphatic hydroxyl groups is 1. The molecule has 2 aromatic heterocycles. The summed E-state index contributed by atoms with van der Waals surface area (Å²) in [5, 5.41) is 13.0. The molecule has 3 aromatic rings. The van der Waals surface area contributed by atoms with Gasteiger partial charge in [-0.3, -0.25) is 4.79 Å². The van der Waals surface area contributed by atoms with Crippen molar-refractivity contribution in [1.82, 2.24) is 20.3 Å². The second-order valence-corrected chi connectivity index (χ2v) is 8.65. The van der Waals surface area contributed by atoms with Crippen LogP contribution < -0.4 is 14.8 Å². The molecule has 4 heterocycles. The van der Waals surface area contributed by atoms with Gasteiger partial charge in [-0.25, -0.2) is 0 Å². The molecule has 2 aliphatic rings. The van der Waals surface area contributed by atoms with Gasteiger partial charge in [0.05, 0.1) is 25.3 Å². The van der Waals surface area contributed by atoms with E-state index < -0.39 is 18.3 Å². The Labute approximate surface area is 205 Å². The highest BCUT2D eigenvalue weighted by molar-refractivity contribution is 6.32. The molecule has 0 radical (unpaired) electrons. The Hall–Kier alpha value is -2.96. The first-order valence-electron chi connectivity index (χ1n) is 11.1. The maximum absolute atomic E-state index is 12.1. The summed E-state index contributed by atoms with van der Waals surface area (Å²) in [4.78, 5) is 23.9. The number of methoxy groups -OCH3 is 1. The highest BCUT2D eigenvalue weighted by Crippen LogP contribution is 2.31. The van der Waals surface area contributed by atoms with Crippen molar-refractivity contribution in [1.29, 1.82) is 0 Å². The van der Waals surface area contributed by atoms with Crippen LogP contribution >= 0.6 is 11.6 Å². The zero-order valence-electron chi connectivity index (χ0n) is 18.9. The molecule has 0 saturated carbocycles. The van der Waals surface area contributed by atoms with Gasteiger partial charge in [0.15, 0.2) is 11.8 Å². The second kappa shape index (κ2) is 10.3. The summed E-state index contributed by atoms with van der Waals surface area (Å²) in [6.45, 7) is 1.62. The van der Waals surface area contributed by atoms with E-state index in [1.54, 1.807) is 37.4 Å². The third-order valence-corrected chi connectivity index (χ3v) is 6.07. The zero-order valence-corrected chi connectivity index (χ0v) is 19.7. The van der Waals surface area contributed by atoms with Gasteiger partial charge >= 0.3 is 0 Å². The number of aromatic amines is 1. The van der Waals surface area contributed by atoms with Gasteiger partial charge in [-0.15, -0.1) is 0 Å². The molecule has 4 atom stereocenters. The van der Waals surface area contributed by atoms with Crippen molar-refractivity contribution in [2.24, 2.45) is 0 Å². The number of nitrogens with one attached hydrogen (secondary N) is 2. The van der Waals surface area contributed by atoms with Gasteiger partial charge in [0.2, 0.25) is 5.88 Å². The number of fused-ring (bicyclic) bond motifs is 2. The molecule has 0 spiro atoms. The standard InChI is InChI=1S/C23H25ClN4O7/c1-31-7-6-25-21(30)13-4-2-12(3-5-13)9-34-22-14(24)8-15-20(27-22)28-23(26-15)35-17-11-33-18-16(29)10-32-19(17)18/h2-5,8,16-19,29H,6-7,9-11H2,1H3,(H,25,30)(H,26,27,28)/t16-,17-,18-,19?/m1/s1. The number of halogens is 1. The molecule has 2 saturated heterocycles. The topological polar surface area (TPSA) is 137 Å². The molecular formula is C23H25ClN4O7. The monoisotopic (exact) mass is 504 g/mol. The largest absolute Gasteiger partial charge is 0.472 e. The summed E-state index contributed by atoms with van der Waals surface area (Å²) in [7, 11) is 1.58. The molecule has 0 bridgehead atoms. The lowest BCUT2D eigenvalue weighted by Gasteiger charge is -2.15. The van der Waals surface area contributed by atoms with Crippen LogP contribution in [0.25, 0.3) is 11.2 Å². The highest BCUT2D eigenvalue weighted by atomic mass is 35.5. The number of aliphatic hydroxyl groups excluding tert-OH is 1. The van der Waals surface area contributed by atoms with Crippen LogP contribution in [0.4, 0.5) is 0 Å². The maximum atomic E-state index is 12.1. The summed E-state index contributed by atoms with van der Waals surface area (Å²) in [6, 6.07) is 8.96. The first-order valence-corrected chi connectivity index (χ1v) is 11.5. The molecule has 3 N–H and O–H groups in total. The number of carbonyl (C=O) groups is 1. The van der Waals surface area contributed by atoms with Crippen LogP contribution in [0.2, 0.25) is 5.02 Å². The van der Waals surface area contributed by atoms with E-state index in [1.807, 2.05) is 0 Å². The van der Waals surface area contributed by atoms with Crippen LogP contribution in [-0.2, 0) is 20.8 Å².